The Morgan fingerprint density at radius 2 is 2.18 bits per heavy atom. The van der Waals surface area contributed by atoms with Gasteiger partial charge in [-0.1, -0.05) is 30.2 Å². The summed E-state index contributed by atoms with van der Waals surface area (Å²) in [5, 5.41) is 3.57. The smallest absolute Gasteiger partial charge is 0.0312 e. The Balaban J connectivity index is 2.02. The Bertz CT molecular complexity index is 367. The van der Waals surface area contributed by atoms with E-state index in [0.717, 1.165) is 13.0 Å². The first-order valence-corrected chi connectivity index (χ1v) is 6.73. The minimum absolute atomic E-state index is 0.172. The van der Waals surface area contributed by atoms with Crippen LogP contribution in [0.5, 0.6) is 0 Å². The summed E-state index contributed by atoms with van der Waals surface area (Å²) in [7, 11) is 0. The molecule has 0 saturated carbocycles. The molecule has 0 amide bonds. The molecule has 1 saturated heterocycles. The van der Waals surface area contributed by atoms with Crippen molar-refractivity contribution in [3.05, 3.63) is 34.9 Å². The topological polar surface area (TPSA) is 38.0 Å². The van der Waals surface area contributed by atoms with Gasteiger partial charge in [0.2, 0.25) is 0 Å². The standard InChI is InChI=1S/C15H24N2/c1-11-6-7-12(2)14(9-11)15(16)10-13-5-3-4-8-17-13/h6-7,9,13,15,17H,3-5,8,10,16H2,1-2H3. The van der Waals surface area contributed by atoms with Crippen LogP contribution < -0.4 is 11.1 Å². The zero-order chi connectivity index (χ0) is 12.3. The van der Waals surface area contributed by atoms with Crippen LogP contribution >= 0.6 is 0 Å². The van der Waals surface area contributed by atoms with Gasteiger partial charge >= 0.3 is 0 Å². The molecule has 1 heterocycles. The fourth-order valence-electron chi connectivity index (χ4n) is 2.72. The molecule has 1 aromatic carbocycles. The number of benzene rings is 1. The first-order chi connectivity index (χ1) is 8.16. The zero-order valence-electron chi connectivity index (χ0n) is 11.0. The van der Waals surface area contributed by atoms with Gasteiger partial charge in [0, 0.05) is 12.1 Å². The van der Waals surface area contributed by atoms with Crippen molar-refractivity contribution in [1.29, 1.82) is 0 Å². The SMILES string of the molecule is Cc1ccc(C)c(C(N)CC2CCCCN2)c1. The van der Waals surface area contributed by atoms with Gasteiger partial charge < -0.3 is 11.1 Å². The summed E-state index contributed by atoms with van der Waals surface area (Å²) in [6.45, 7) is 5.45. The van der Waals surface area contributed by atoms with Crippen molar-refractivity contribution in [3.8, 4) is 0 Å². The average molecular weight is 232 g/mol. The van der Waals surface area contributed by atoms with Crippen molar-refractivity contribution in [2.45, 2.75) is 51.6 Å². The molecule has 3 N–H and O–H groups in total. The van der Waals surface area contributed by atoms with E-state index in [4.69, 9.17) is 5.73 Å². The molecule has 0 spiro atoms. The van der Waals surface area contributed by atoms with Crippen LogP contribution in [0.25, 0.3) is 0 Å². The average Bonchev–Trinajstić information content (AvgIpc) is 2.33. The van der Waals surface area contributed by atoms with Crippen molar-refractivity contribution in [1.82, 2.24) is 5.32 Å². The Hall–Kier alpha value is -0.860. The van der Waals surface area contributed by atoms with Crippen LogP contribution in [0.15, 0.2) is 18.2 Å². The lowest BCUT2D eigenvalue weighted by Gasteiger charge is -2.27. The van der Waals surface area contributed by atoms with Crippen molar-refractivity contribution < 1.29 is 0 Å². The highest BCUT2D eigenvalue weighted by Crippen LogP contribution is 2.23. The molecule has 0 radical (unpaired) electrons. The Morgan fingerprint density at radius 1 is 1.35 bits per heavy atom. The van der Waals surface area contributed by atoms with Crippen LogP contribution in [0.2, 0.25) is 0 Å². The summed E-state index contributed by atoms with van der Waals surface area (Å²) in [5.41, 5.74) is 10.3. The van der Waals surface area contributed by atoms with Crippen LogP contribution in [0.4, 0.5) is 0 Å². The number of aryl methyl sites for hydroxylation is 2. The molecule has 1 aromatic rings. The minimum atomic E-state index is 0.172. The third-order valence-electron chi connectivity index (χ3n) is 3.79. The largest absolute Gasteiger partial charge is 0.324 e. The summed E-state index contributed by atoms with van der Waals surface area (Å²) in [6, 6.07) is 7.36. The Labute approximate surface area is 105 Å². The molecule has 94 valence electrons. The normalized spacial score (nSPS) is 22.4. The van der Waals surface area contributed by atoms with Gasteiger partial charge in [0.15, 0.2) is 0 Å². The number of nitrogens with two attached hydrogens (primary N) is 1. The first-order valence-electron chi connectivity index (χ1n) is 6.73. The third kappa shape index (κ3) is 3.30. The number of rotatable bonds is 3. The van der Waals surface area contributed by atoms with Crippen molar-refractivity contribution >= 4 is 0 Å². The van der Waals surface area contributed by atoms with Gasteiger partial charge in [-0.3, -0.25) is 0 Å². The van der Waals surface area contributed by atoms with Crippen molar-refractivity contribution in [2.24, 2.45) is 5.73 Å². The van der Waals surface area contributed by atoms with Gasteiger partial charge in [0.05, 0.1) is 0 Å². The summed E-state index contributed by atoms with van der Waals surface area (Å²) >= 11 is 0. The summed E-state index contributed by atoms with van der Waals surface area (Å²) in [5.74, 6) is 0. The lowest BCUT2D eigenvalue weighted by Crippen LogP contribution is -2.36. The molecule has 2 rings (SSSR count). The van der Waals surface area contributed by atoms with Gasteiger partial charge in [0.1, 0.15) is 0 Å². The van der Waals surface area contributed by atoms with E-state index >= 15 is 0 Å². The second kappa shape index (κ2) is 5.65. The maximum Gasteiger partial charge on any atom is 0.0312 e. The van der Waals surface area contributed by atoms with Crippen LogP contribution in [0.1, 0.15) is 48.4 Å². The lowest BCUT2D eigenvalue weighted by molar-refractivity contribution is 0.362. The number of hydrogen-bond donors (Lipinski definition) is 2. The minimum Gasteiger partial charge on any atom is -0.324 e. The van der Waals surface area contributed by atoms with E-state index < -0.39 is 0 Å². The summed E-state index contributed by atoms with van der Waals surface area (Å²) < 4.78 is 0. The predicted molar refractivity (Wildman–Crippen MR) is 73.1 cm³/mol. The highest BCUT2D eigenvalue weighted by Gasteiger charge is 2.18. The Morgan fingerprint density at radius 3 is 2.88 bits per heavy atom. The molecule has 2 atom stereocenters. The van der Waals surface area contributed by atoms with Crippen LogP contribution in [0.3, 0.4) is 0 Å². The van der Waals surface area contributed by atoms with Crippen LogP contribution in [-0.2, 0) is 0 Å². The molecule has 1 fully saturated rings. The van der Waals surface area contributed by atoms with Crippen molar-refractivity contribution in [3.63, 3.8) is 0 Å². The van der Waals surface area contributed by atoms with E-state index in [1.165, 1.54) is 36.0 Å². The summed E-state index contributed by atoms with van der Waals surface area (Å²) in [4.78, 5) is 0. The number of nitrogens with one attached hydrogen (secondary N) is 1. The first kappa shape index (κ1) is 12.6. The number of piperidine rings is 1. The van der Waals surface area contributed by atoms with Crippen molar-refractivity contribution in [2.75, 3.05) is 6.54 Å². The van der Waals surface area contributed by atoms with Gasteiger partial charge in [-0.2, -0.15) is 0 Å². The molecule has 2 nitrogen and oxygen atoms in total. The van der Waals surface area contributed by atoms with Gasteiger partial charge in [0.25, 0.3) is 0 Å². The monoisotopic (exact) mass is 232 g/mol. The maximum atomic E-state index is 6.36. The second-order valence-electron chi connectivity index (χ2n) is 5.35. The van der Waals surface area contributed by atoms with E-state index in [1.807, 2.05) is 0 Å². The molecule has 2 unspecified atom stereocenters. The molecular weight excluding hydrogens is 208 g/mol. The van der Waals surface area contributed by atoms with E-state index in [0.29, 0.717) is 6.04 Å². The van der Waals surface area contributed by atoms with E-state index in [1.54, 1.807) is 0 Å². The highest BCUT2D eigenvalue weighted by molar-refractivity contribution is 5.32. The number of hydrogen-bond acceptors (Lipinski definition) is 2. The molecular formula is C15H24N2. The lowest BCUT2D eigenvalue weighted by atomic mass is 9.92. The quantitative estimate of drug-likeness (QED) is 0.841. The second-order valence-corrected chi connectivity index (χ2v) is 5.35. The highest BCUT2D eigenvalue weighted by atomic mass is 14.9. The van der Waals surface area contributed by atoms with E-state index in [-0.39, 0.29) is 6.04 Å². The van der Waals surface area contributed by atoms with Gasteiger partial charge in [-0.15, -0.1) is 0 Å². The molecule has 1 aliphatic heterocycles. The molecule has 0 aliphatic carbocycles. The molecule has 17 heavy (non-hydrogen) atoms. The van der Waals surface area contributed by atoms with E-state index in [2.05, 4.69) is 37.4 Å². The van der Waals surface area contributed by atoms with Crippen LogP contribution in [0, 0.1) is 13.8 Å². The predicted octanol–water partition coefficient (Wildman–Crippen LogP) is 2.84. The third-order valence-corrected chi connectivity index (χ3v) is 3.79. The maximum absolute atomic E-state index is 6.36. The zero-order valence-corrected chi connectivity index (χ0v) is 11.0. The Kier molecular flexibility index (Phi) is 4.19. The molecule has 0 aromatic heterocycles. The fourth-order valence-corrected chi connectivity index (χ4v) is 2.72. The fraction of sp³-hybridized carbons (Fsp3) is 0.600. The van der Waals surface area contributed by atoms with Gasteiger partial charge in [-0.25, -0.2) is 0 Å². The molecule has 2 heteroatoms. The molecule has 1 aliphatic rings. The summed E-state index contributed by atoms with van der Waals surface area (Å²) in [6.07, 6.45) is 5.00. The van der Waals surface area contributed by atoms with Gasteiger partial charge in [-0.05, 0) is 50.8 Å². The molecule has 0 bridgehead atoms. The van der Waals surface area contributed by atoms with Crippen LogP contribution in [-0.4, -0.2) is 12.6 Å². The van der Waals surface area contributed by atoms with E-state index in [9.17, 15) is 0 Å².